The van der Waals surface area contributed by atoms with Crippen molar-refractivity contribution in [2.45, 2.75) is 13.0 Å². The summed E-state index contributed by atoms with van der Waals surface area (Å²) in [6.07, 6.45) is 0.813. The second-order valence-electron chi connectivity index (χ2n) is 4.63. The molecular formula is C16H15BrN2O3S. The number of hydrogen-bond acceptors (Lipinski definition) is 6. The van der Waals surface area contributed by atoms with E-state index in [0.29, 0.717) is 17.2 Å². The quantitative estimate of drug-likeness (QED) is 0.437. The van der Waals surface area contributed by atoms with Gasteiger partial charge >= 0.3 is 5.97 Å². The van der Waals surface area contributed by atoms with Crippen LogP contribution < -0.4 is 5.32 Å². The second kappa shape index (κ2) is 8.03. The maximum absolute atomic E-state index is 12.2. The molecule has 7 heteroatoms. The number of carbonyl (C=O) groups is 2. The monoisotopic (exact) mass is 394 g/mol. The largest absolute Gasteiger partial charge is 0.450 e. The Morgan fingerprint density at radius 3 is 2.78 bits per heavy atom. The third-order valence-corrected chi connectivity index (χ3v) is 4.22. The van der Waals surface area contributed by atoms with Crippen molar-refractivity contribution in [3.8, 4) is 0 Å². The zero-order valence-corrected chi connectivity index (χ0v) is 14.8. The number of hydrogen-bond donors (Lipinski definition) is 1. The highest BCUT2D eigenvalue weighted by Crippen LogP contribution is 2.17. The second-order valence-corrected chi connectivity index (χ2v) is 6.40. The zero-order chi connectivity index (χ0) is 16.8. The molecular weight excluding hydrogens is 380 g/mol. The Morgan fingerprint density at radius 1 is 1.43 bits per heavy atom. The molecule has 1 aromatic carbocycles. The number of carbonyl (C=O) groups excluding carboxylic acids is 2. The van der Waals surface area contributed by atoms with E-state index in [2.05, 4.69) is 32.8 Å². The summed E-state index contributed by atoms with van der Waals surface area (Å²) in [5, 5.41) is 5.18. The fraction of sp³-hybridized carbons (Fsp3) is 0.188. The molecule has 0 spiro atoms. The van der Waals surface area contributed by atoms with Gasteiger partial charge in [0.2, 0.25) is 5.78 Å². The van der Waals surface area contributed by atoms with Gasteiger partial charge in [-0.2, -0.15) is 0 Å². The first-order chi connectivity index (χ1) is 11.0. The zero-order valence-electron chi connectivity index (χ0n) is 12.4. The van der Waals surface area contributed by atoms with Gasteiger partial charge in [0.25, 0.3) is 0 Å². The highest BCUT2D eigenvalue weighted by Gasteiger charge is 2.21. The minimum atomic E-state index is -0.880. The van der Waals surface area contributed by atoms with Crippen molar-refractivity contribution >= 4 is 44.2 Å². The molecule has 0 radical (unpaired) electrons. The van der Waals surface area contributed by atoms with Gasteiger partial charge in [0, 0.05) is 22.0 Å². The standard InChI is InChI=1S/C16H15BrN2O3S/c1-3-8-18-16-19-13(9-23-16)15(21)22-10(2)14(20)11-4-6-12(17)7-5-11/h3-7,9-10H,1,8H2,2H3,(H,18,19). The molecule has 1 heterocycles. The van der Waals surface area contributed by atoms with Gasteiger partial charge in [-0.15, -0.1) is 17.9 Å². The number of nitrogens with one attached hydrogen (secondary N) is 1. The topological polar surface area (TPSA) is 68.3 Å². The Kier molecular flexibility index (Phi) is 6.06. The minimum absolute atomic E-state index is 0.178. The predicted octanol–water partition coefficient (Wildman–Crippen LogP) is 3.93. The molecule has 0 amide bonds. The van der Waals surface area contributed by atoms with Crippen molar-refractivity contribution in [2.24, 2.45) is 0 Å². The summed E-state index contributed by atoms with van der Waals surface area (Å²) in [6.45, 7) is 5.70. The Morgan fingerprint density at radius 2 is 2.13 bits per heavy atom. The van der Waals surface area contributed by atoms with E-state index in [9.17, 15) is 9.59 Å². The number of rotatable bonds is 7. The summed E-state index contributed by atoms with van der Waals surface area (Å²) < 4.78 is 6.07. The summed E-state index contributed by atoms with van der Waals surface area (Å²) in [4.78, 5) is 28.4. The number of esters is 1. The third-order valence-electron chi connectivity index (χ3n) is 2.89. The normalized spacial score (nSPS) is 11.6. The van der Waals surface area contributed by atoms with Crippen LogP contribution in [0.5, 0.6) is 0 Å². The van der Waals surface area contributed by atoms with E-state index in [0.717, 1.165) is 4.47 Å². The maximum atomic E-state index is 12.2. The van der Waals surface area contributed by atoms with Crippen molar-refractivity contribution in [1.29, 1.82) is 0 Å². The Hall–Kier alpha value is -1.99. The fourth-order valence-electron chi connectivity index (χ4n) is 1.73. The van der Waals surface area contributed by atoms with Gasteiger partial charge in [-0.25, -0.2) is 9.78 Å². The summed E-state index contributed by atoms with van der Waals surface area (Å²) >= 11 is 4.60. The lowest BCUT2D eigenvalue weighted by Crippen LogP contribution is -2.24. The van der Waals surface area contributed by atoms with Crippen LogP contribution in [-0.4, -0.2) is 29.4 Å². The van der Waals surface area contributed by atoms with Crippen molar-refractivity contribution in [3.63, 3.8) is 0 Å². The van der Waals surface area contributed by atoms with Crippen LogP contribution >= 0.6 is 27.3 Å². The highest BCUT2D eigenvalue weighted by atomic mass is 79.9. The molecule has 0 bridgehead atoms. The molecule has 120 valence electrons. The van der Waals surface area contributed by atoms with Crippen LogP contribution in [0.1, 0.15) is 27.8 Å². The smallest absolute Gasteiger partial charge is 0.358 e. The van der Waals surface area contributed by atoms with Gasteiger partial charge in [-0.05, 0) is 19.1 Å². The highest BCUT2D eigenvalue weighted by molar-refractivity contribution is 9.10. The summed E-state index contributed by atoms with van der Waals surface area (Å²) in [7, 11) is 0. The lowest BCUT2D eigenvalue weighted by molar-refractivity contribution is 0.0314. The van der Waals surface area contributed by atoms with Crippen LogP contribution in [0.25, 0.3) is 0 Å². The molecule has 0 saturated carbocycles. The lowest BCUT2D eigenvalue weighted by atomic mass is 10.1. The number of ether oxygens (including phenoxy) is 1. The summed E-state index contributed by atoms with van der Waals surface area (Å²) in [5.74, 6) is -0.878. The Balaban J connectivity index is 1.98. The van der Waals surface area contributed by atoms with Crippen LogP contribution in [0.15, 0.2) is 46.8 Å². The van der Waals surface area contributed by atoms with Crippen molar-refractivity contribution in [2.75, 3.05) is 11.9 Å². The number of halogens is 1. The Labute approximate surface area is 146 Å². The molecule has 1 atom stereocenters. The van der Waals surface area contributed by atoms with Crippen LogP contribution in [0.4, 0.5) is 5.13 Å². The van der Waals surface area contributed by atoms with Gasteiger partial charge in [-0.1, -0.05) is 34.1 Å². The van der Waals surface area contributed by atoms with E-state index >= 15 is 0 Å². The van der Waals surface area contributed by atoms with Gasteiger partial charge in [0.1, 0.15) is 0 Å². The molecule has 0 aliphatic heterocycles. The van der Waals surface area contributed by atoms with Gasteiger partial charge in [0.15, 0.2) is 16.9 Å². The molecule has 2 aromatic rings. The first kappa shape index (κ1) is 17.4. The van der Waals surface area contributed by atoms with E-state index < -0.39 is 12.1 Å². The number of Topliss-reactive ketones (excluding diaryl/α,β-unsaturated/α-hetero) is 1. The minimum Gasteiger partial charge on any atom is -0.450 e. The van der Waals surface area contributed by atoms with E-state index in [-0.39, 0.29) is 11.5 Å². The molecule has 0 fully saturated rings. The van der Waals surface area contributed by atoms with Crippen molar-refractivity contribution in [1.82, 2.24) is 4.98 Å². The van der Waals surface area contributed by atoms with E-state index in [1.165, 1.54) is 11.3 Å². The molecule has 2 rings (SSSR count). The molecule has 1 aromatic heterocycles. The number of nitrogens with zero attached hydrogens (tertiary/aromatic N) is 1. The number of ketones is 1. The molecule has 0 aliphatic carbocycles. The van der Waals surface area contributed by atoms with Gasteiger partial charge in [0.05, 0.1) is 0 Å². The lowest BCUT2D eigenvalue weighted by Gasteiger charge is -2.11. The number of anilines is 1. The summed E-state index contributed by atoms with van der Waals surface area (Å²) in [5.41, 5.74) is 0.664. The summed E-state index contributed by atoms with van der Waals surface area (Å²) in [6, 6.07) is 6.88. The maximum Gasteiger partial charge on any atom is 0.358 e. The molecule has 0 saturated heterocycles. The number of benzene rings is 1. The van der Waals surface area contributed by atoms with E-state index in [1.807, 2.05) is 0 Å². The van der Waals surface area contributed by atoms with Gasteiger partial charge < -0.3 is 10.1 Å². The first-order valence-corrected chi connectivity index (χ1v) is 8.49. The fourth-order valence-corrected chi connectivity index (χ4v) is 2.69. The number of thiazole rings is 1. The average Bonchev–Trinajstić information content (AvgIpc) is 3.02. The van der Waals surface area contributed by atoms with E-state index in [4.69, 9.17) is 4.74 Å². The first-order valence-electron chi connectivity index (χ1n) is 6.82. The average molecular weight is 395 g/mol. The van der Waals surface area contributed by atoms with Crippen molar-refractivity contribution in [3.05, 3.63) is 58.0 Å². The van der Waals surface area contributed by atoms with Crippen LogP contribution in [0.3, 0.4) is 0 Å². The van der Waals surface area contributed by atoms with Crippen LogP contribution in [0, 0.1) is 0 Å². The third kappa shape index (κ3) is 4.74. The van der Waals surface area contributed by atoms with Crippen LogP contribution in [-0.2, 0) is 4.74 Å². The van der Waals surface area contributed by atoms with E-state index in [1.54, 1.807) is 42.6 Å². The molecule has 1 unspecified atom stereocenters. The molecule has 1 N–H and O–H groups in total. The van der Waals surface area contributed by atoms with Crippen molar-refractivity contribution < 1.29 is 14.3 Å². The molecule has 5 nitrogen and oxygen atoms in total. The number of aromatic nitrogens is 1. The molecule has 23 heavy (non-hydrogen) atoms. The SMILES string of the molecule is C=CCNc1nc(C(=O)OC(C)C(=O)c2ccc(Br)cc2)cs1. The predicted molar refractivity (Wildman–Crippen MR) is 94.2 cm³/mol. The molecule has 0 aliphatic rings. The Bertz CT molecular complexity index is 712. The van der Waals surface area contributed by atoms with Crippen LogP contribution in [0.2, 0.25) is 0 Å². The van der Waals surface area contributed by atoms with Gasteiger partial charge in [-0.3, -0.25) is 4.79 Å².